The van der Waals surface area contributed by atoms with Gasteiger partial charge in [0.15, 0.2) is 0 Å². The second kappa shape index (κ2) is 8.48. The third-order valence-electron chi connectivity index (χ3n) is 2.32. The van der Waals surface area contributed by atoms with Crippen molar-refractivity contribution in [3.63, 3.8) is 0 Å². The first-order chi connectivity index (χ1) is 6.22. The first-order valence-electron chi connectivity index (χ1n) is 5.26. The summed E-state index contributed by atoms with van der Waals surface area (Å²) in [5.41, 5.74) is 5.63. The van der Waals surface area contributed by atoms with Crippen LogP contribution in [0, 0.1) is 0 Å². The lowest BCUT2D eigenvalue weighted by molar-refractivity contribution is 0.0711. The molecule has 0 aromatic carbocycles. The van der Waals surface area contributed by atoms with E-state index in [0.29, 0.717) is 0 Å². The summed E-state index contributed by atoms with van der Waals surface area (Å²) in [5.74, 6) is 0. The second-order valence-electron chi connectivity index (χ2n) is 3.62. The quantitative estimate of drug-likeness (QED) is 0.500. The van der Waals surface area contributed by atoms with Crippen LogP contribution in [-0.4, -0.2) is 29.0 Å². The summed E-state index contributed by atoms with van der Waals surface area (Å²) in [7, 11) is 0. The molecule has 13 heavy (non-hydrogen) atoms. The molecule has 0 radical (unpaired) electrons. The molecule has 0 saturated heterocycles. The molecule has 0 fully saturated rings. The van der Waals surface area contributed by atoms with Crippen LogP contribution in [0.5, 0.6) is 0 Å². The van der Waals surface area contributed by atoms with E-state index in [-0.39, 0.29) is 12.6 Å². The van der Waals surface area contributed by atoms with Gasteiger partial charge in [-0.1, -0.05) is 39.0 Å². The number of unbranched alkanes of at least 4 members (excludes halogenated alkanes) is 4. The van der Waals surface area contributed by atoms with Crippen molar-refractivity contribution in [3.05, 3.63) is 0 Å². The molecule has 0 aliphatic carbocycles. The molecule has 0 aromatic rings. The van der Waals surface area contributed by atoms with E-state index >= 15 is 0 Å². The topological polar surface area (TPSA) is 66.5 Å². The van der Waals surface area contributed by atoms with Crippen LogP contribution in [0.25, 0.3) is 0 Å². The first kappa shape index (κ1) is 12.9. The average Bonchev–Trinajstić information content (AvgIpc) is 2.16. The van der Waals surface area contributed by atoms with Gasteiger partial charge in [0, 0.05) is 6.04 Å². The molecule has 0 spiro atoms. The molecule has 0 aliphatic heterocycles. The predicted molar refractivity (Wildman–Crippen MR) is 54.4 cm³/mol. The number of rotatable bonds is 8. The Morgan fingerprint density at radius 3 is 2.31 bits per heavy atom. The highest BCUT2D eigenvalue weighted by molar-refractivity contribution is 4.70. The lowest BCUT2D eigenvalue weighted by Crippen LogP contribution is -2.36. The summed E-state index contributed by atoms with van der Waals surface area (Å²) < 4.78 is 0. The van der Waals surface area contributed by atoms with Crippen LogP contribution in [0.4, 0.5) is 0 Å². The van der Waals surface area contributed by atoms with Gasteiger partial charge < -0.3 is 15.9 Å². The Balaban J connectivity index is 3.21. The van der Waals surface area contributed by atoms with Crippen molar-refractivity contribution < 1.29 is 10.2 Å². The molecule has 0 amide bonds. The fourth-order valence-electron chi connectivity index (χ4n) is 1.31. The number of hydrogen-bond acceptors (Lipinski definition) is 3. The number of aliphatic hydroxyl groups is 2. The molecule has 4 N–H and O–H groups in total. The summed E-state index contributed by atoms with van der Waals surface area (Å²) in [6.07, 6.45) is 6.07. The Morgan fingerprint density at radius 2 is 1.77 bits per heavy atom. The Kier molecular flexibility index (Phi) is 8.40. The molecule has 2 unspecified atom stereocenters. The van der Waals surface area contributed by atoms with Crippen molar-refractivity contribution in [1.82, 2.24) is 0 Å². The lowest BCUT2D eigenvalue weighted by Gasteiger charge is -2.15. The zero-order valence-corrected chi connectivity index (χ0v) is 8.58. The van der Waals surface area contributed by atoms with E-state index in [0.717, 1.165) is 12.8 Å². The third kappa shape index (κ3) is 6.99. The fourth-order valence-corrected chi connectivity index (χ4v) is 1.31. The first-order valence-corrected chi connectivity index (χ1v) is 5.26. The van der Waals surface area contributed by atoms with Crippen molar-refractivity contribution in [3.8, 4) is 0 Å². The minimum atomic E-state index is -0.744. The maximum Gasteiger partial charge on any atom is 0.0921 e. The number of hydrogen-bond donors (Lipinski definition) is 3. The molecular weight excluding hydrogens is 166 g/mol. The molecule has 2 atom stereocenters. The molecule has 3 nitrogen and oxygen atoms in total. The van der Waals surface area contributed by atoms with E-state index in [1.165, 1.54) is 25.7 Å². The lowest BCUT2D eigenvalue weighted by atomic mass is 10.0. The summed E-state index contributed by atoms with van der Waals surface area (Å²) in [5, 5.41) is 17.8. The van der Waals surface area contributed by atoms with Gasteiger partial charge in [0.25, 0.3) is 0 Å². The predicted octanol–water partition coefficient (Wildman–Crippen LogP) is 1.03. The van der Waals surface area contributed by atoms with Crippen LogP contribution in [0.1, 0.15) is 45.4 Å². The van der Waals surface area contributed by atoms with E-state index in [2.05, 4.69) is 6.92 Å². The fraction of sp³-hybridized carbons (Fsp3) is 1.00. The van der Waals surface area contributed by atoms with Crippen LogP contribution in [0.15, 0.2) is 0 Å². The van der Waals surface area contributed by atoms with E-state index in [1.807, 2.05) is 0 Å². The van der Waals surface area contributed by atoms with Gasteiger partial charge in [0.05, 0.1) is 12.7 Å². The molecule has 80 valence electrons. The average molecular weight is 189 g/mol. The van der Waals surface area contributed by atoms with E-state index < -0.39 is 6.10 Å². The molecule has 0 saturated carbocycles. The van der Waals surface area contributed by atoms with Crippen LogP contribution in [0.2, 0.25) is 0 Å². The van der Waals surface area contributed by atoms with Gasteiger partial charge in [-0.2, -0.15) is 0 Å². The molecule has 0 heterocycles. The van der Waals surface area contributed by atoms with Gasteiger partial charge in [-0.3, -0.25) is 0 Å². The third-order valence-corrected chi connectivity index (χ3v) is 2.32. The van der Waals surface area contributed by atoms with Gasteiger partial charge in [-0.05, 0) is 6.42 Å². The second-order valence-corrected chi connectivity index (χ2v) is 3.62. The van der Waals surface area contributed by atoms with Crippen molar-refractivity contribution in [2.45, 2.75) is 57.6 Å². The van der Waals surface area contributed by atoms with Crippen LogP contribution in [-0.2, 0) is 0 Å². The van der Waals surface area contributed by atoms with Gasteiger partial charge in [-0.15, -0.1) is 0 Å². The zero-order valence-electron chi connectivity index (χ0n) is 8.58. The number of nitrogens with two attached hydrogens (primary N) is 1. The molecule has 0 aromatic heterocycles. The van der Waals surface area contributed by atoms with Crippen molar-refractivity contribution in [2.75, 3.05) is 6.61 Å². The normalized spacial score (nSPS) is 15.7. The maximum atomic E-state index is 9.15. The largest absolute Gasteiger partial charge is 0.394 e. The van der Waals surface area contributed by atoms with Gasteiger partial charge in [0.1, 0.15) is 0 Å². The Morgan fingerprint density at radius 1 is 1.15 bits per heavy atom. The van der Waals surface area contributed by atoms with E-state index in [1.54, 1.807) is 0 Å². The monoisotopic (exact) mass is 189 g/mol. The Bertz CT molecular complexity index is 109. The van der Waals surface area contributed by atoms with Crippen LogP contribution < -0.4 is 5.73 Å². The Hall–Kier alpha value is -0.120. The Labute approximate surface area is 81.0 Å². The van der Waals surface area contributed by atoms with E-state index in [9.17, 15) is 0 Å². The van der Waals surface area contributed by atoms with E-state index in [4.69, 9.17) is 15.9 Å². The molecule has 0 rings (SSSR count). The maximum absolute atomic E-state index is 9.15. The highest BCUT2D eigenvalue weighted by Crippen LogP contribution is 2.07. The highest BCUT2D eigenvalue weighted by atomic mass is 16.3. The van der Waals surface area contributed by atoms with Gasteiger partial charge >= 0.3 is 0 Å². The summed E-state index contributed by atoms with van der Waals surface area (Å²) >= 11 is 0. The highest BCUT2D eigenvalue weighted by Gasteiger charge is 2.12. The summed E-state index contributed by atoms with van der Waals surface area (Å²) in [6.45, 7) is 1.96. The minimum Gasteiger partial charge on any atom is -0.394 e. The molecule has 0 aliphatic rings. The zero-order chi connectivity index (χ0) is 10.1. The van der Waals surface area contributed by atoms with Crippen LogP contribution >= 0.6 is 0 Å². The SMILES string of the molecule is CCCCCCCC(N)C(O)CO. The molecule has 0 bridgehead atoms. The van der Waals surface area contributed by atoms with Crippen LogP contribution in [0.3, 0.4) is 0 Å². The standard InChI is InChI=1S/C10H23NO2/c1-2-3-4-5-6-7-9(11)10(13)8-12/h9-10,12-13H,2-8,11H2,1H3. The number of aliphatic hydroxyl groups excluding tert-OH is 2. The van der Waals surface area contributed by atoms with Crippen molar-refractivity contribution >= 4 is 0 Å². The summed E-state index contributed by atoms with van der Waals surface area (Å²) in [6, 6.07) is -0.258. The van der Waals surface area contributed by atoms with Crippen molar-refractivity contribution in [2.24, 2.45) is 5.73 Å². The molecule has 3 heteroatoms. The summed E-state index contributed by atoms with van der Waals surface area (Å²) in [4.78, 5) is 0. The van der Waals surface area contributed by atoms with Crippen molar-refractivity contribution in [1.29, 1.82) is 0 Å². The molecular formula is C10H23NO2. The van der Waals surface area contributed by atoms with Gasteiger partial charge in [0.2, 0.25) is 0 Å². The van der Waals surface area contributed by atoms with Gasteiger partial charge in [-0.25, -0.2) is 0 Å². The minimum absolute atomic E-state index is 0.226. The smallest absolute Gasteiger partial charge is 0.0921 e.